The Labute approximate surface area is 108 Å². The van der Waals surface area contributed by atoms with Crippen molar-refractivity contribution < 1.29 is 5.11 Å². The highest BCUT2D eigenvalue weighted by molar-refractivity contribution is 7.99. The molecule has 4 heteroatoms. The van der Waals surface area contributed by atoms with E-state index in [1.54, 1.807) is 23.1 Å². The third-order valence-corrected chi connectivity index (χ3v) is 5.43. The molecule has 0 radical (unpaired) electrons. The Kier molecular flexibility index (Phi) is 4.14. The molecule has 0 bridgehead atoms. The Balaban J connectivity index is 2.21. The molecule has 1 nitrogen and oxygen atoms in total. The second kappa shape index (κ2) is 5.41. The van der Waals surface area contributed by atoms with Crippen molar-refractivity contribution in [3.8, 4) is 0 Å². The Hall–Kier alpha value is -0.220. The summed E-state index contributed by atoms with van der Waals surface area (Å²) in [7, 11) is 0. The number of aliphatic hydroxyl groups is 1. The molecule has 0 saturated heterocycles. The maximum atomic E-state index is 8.97. The lowest BCUT2D eigenvalue weighted by Crippen LogP contribution is -2.01. The van der Waals surface area contributed by atoms with Crippen molar-refractivity contribution in [2.45, 2.75) is 17.9 Å². The van der Waals surface area contributed by atoms with Gasteiger partial charge >= 0.3 is 0 Å². The fourth-order valence-corrected chi connectivity index (χ4v) is 3.93. The SMILES string of the molecule is CC(CO)SCc1sc2ccccc2c1Cl. The van der Waals surface area contributed by atoms with Crippen LogP contribution in [-0.4, -0.2) is 17.0 Å². The van der Waals surface area contributed by atoms with Crippen molar-refractivity contribution >= 4 is 44.8 Å². The fourth-order valence-electron chi connectivity index (χ4n) is 1.43. The van der Waals surface area contributed by atoms with Crippen molar-refractivity contribution in [1.82, 2.24) is 0 Å². The Morgan fingerprint density at radius 3 is 2.88 bits per heavy atom. The second-order valence-corrected chi connectivity index (χ2v) is 6.58. The van der Waals surface area contributed by atoms with Crippen molar-refractivity contribution in [1.29, 1.82) is 0 Å². The number of fused-ring (bicyclic) bond motifs is 1. The van der Waals surface area contributed by atoms with E-state index in [9.17, 15) is 0 Å². The molecule has 16 heavy (non-hydrogen) atoms. The Morgan fingerprint density at radius 2 is 2.19 bits per heavy atom. The number of hydrogen-bond donors (Lipinski definition) is 1. The molecule has 0 aliphatic rings. The van der Waals surface area contributed by atoms with Crippen LogP contribution in [0.3, 0.4) is 0 Å². The van der Waals surface area contributed by atoms with Gasteiger partial charge in [0.25, 0.3) is 0 Å². The van der Waals surface area contributed by atoms with Crippen LogP contribution >= 0.6 is 34.7 Å². The summed E-state index contributed by atoms with van der Waals surface area (Å²) in [5.74, 6) is 0.875. The first-order valence-corrected chi connectivity index (χ1v) is 7.35. The van der Waals surface area contributed by atoms with Crippen LogP contribution in [0.1, 0.15) is 11.8 Å². The number of rotatable bonds is 4. The van der Waals surface area contributed by atoms with Crippen LogP contribution in [-0.2, 0) is 5.75 Å². The summed E-state index contributed by atoms with van der Waals surface area (Å²) in [5.41, 5.74) is 0. The molecule has 0 spiro atoms. The highest BCUT2D eigenvalue weighted by Crippen LogP contribution is 2.37. The first kappa shape index (κ1) is 12.2. The predicted molar refractivity (Wildman–Crippen MR) is 74.7 cm³/mol. The first-order valence-electron chi connectivity index (χ1n) is 5.10. The summed E-state index contributed by atoms with van der Waals surface area (Å²) in [4.78, 5) is 1.20. The number of thiophene rings is 1. The van der Waals surface area contributed by atoms with Gasteiger partial charge in [-0.25, -0.2) is 0 Å². The van der Waals surface area contributed by atoms with Gasteiger partial charge in [0, 0.05) is 26.0 Å². The number of hydrogen-bond acceptors (Lipinski definition) is 3. The van der Waals surface area contributed by atoms with Crippen molar-refractivity contribution in [3.05, 3.63) is 34.2 Å². The molecule has 1 aromatic heterocycles. The van der Waals surface area contributed by atoms with Gasteiger partial charge < -0.3 is 5.11 Å². The average Bonchev–Trinajstić information content (AvgIpc) is 2.64. The monoisotopic (exact) mass is 272 g/mol. The van der Waals surface area contributed by atoms with E-state index in [1.165, 1.54) is 9.58 Å². The Morgan fingerprint density at radius 1 is 1.44 bits per heavy atom. The van der Waals surface area contributed by atoms with Crippen LogP contribution in [0.2, 0.25) is 5.02 Å². The van der Waals surface area contributed by atoms with E-state index in [-0.39, 0.29) is 11.9 Å². The minimum Gasteiger partial charge on any atom is -0.395 e. The van der Waals surface area contributed by atoms with E-state index < -0.39 is 0 Å². The molecule has 0 saturated carbocycles. The molecule has 0 fully saturated rings. The van der Waals surface area contributed by atoms with E-state index in [1.807, 2.05) is 19.1 Å². The molecule has 1 N–H and O–H groups in total. The minimum atomic E-state index is 0.215. The van der Waals surface area contributed by atoms with Gasteiger partial charge in [0.2, 0.25) is 0 Å². The summed E-state index contributed by atoms with van der Waals surface area (Å²) < 4.78 is 1.24. The highest BCUT2D eigenvalue weighted by atomic mass is 35.5. The lowest BCUT2D eigenvalue weighted by Gasteiger charge is -2.05. The van der Waals surface area contributed by atoms with Gasteiger partial charge in [-0.1, -0.05) is 36.7 Å². The molecule has 0 aliphatic carbocycles. The number of aliphatic hydroxyl groups excluding tert-OH is 1. The van der Waals surface area contributed by atoms with Gasteiger partial charge in [-0.05, 0) is 6.07 Å². The van der Waals surface area contributed by atoms with Crippen LogP contribution in [0.15, 0.2) is 24.3 Å². The summed E-state index contributed by atoms with van der Waals surface area (Å²) >= 11 is 9.80. The van der Waals surface area contributed by atoms with E-state index in [0.717, 1.165) is 16.2 Å². The minimum absolute atomic E-state index is 0.215. The largest absolute Gasteiger partial charge is 0.395 e. The number of benzene rings is 1. The lowest BCUT2D eigenvalue weighted by atomic mass is 10.2. The number of halogens is 1. The van der Waals surface area contributed by atoms with Gasteiger partial charge in [-0.2, -0.15) is 11.8 Å². The normalized spacial score (nSPS) is 13.2. The molecular weight excluding hydrogens is 260 g/mol. The van der Waals surface area contributed by atoms with Gasteiger partial charge in [0.15, 0.2) is 0 Å². The lowest BCUT2D eigenvalue weighted by molar-refractivity contribution is 0.300. The van der Waals surface area contributed by atoms with Gasteiger partial charge in [0.1, 0.15) is 0 Å². The average molecular weight is 273 g/mol. The highest BCUT2D eigenvalue weighted by Gasteiger charge is 2.10. The maximum absolute atomic E-state index is 8.97. The molecule has 2 rings (SSSR count). The second-order valence-electron chi connectivity index (χ2n) is 3.64. The zero-order valence-corrected chi connectivity index (χ0v) is 11.3. The van der Waals surface area contributed by atoms with Crippen LogP contribution < -0.4 is 0 Å². The summed E-state index contributed by atoms with van der Waals surface area (Å²) in [6.07, 6.45) is 0. The first-order chi connectivity index (χ1) is 7.72. The van der Waals surface area contributed by atoms with Crippen LogP contribution in [0.25, 0.3) is 10.1 Å². The van der Waals surface area contributed by atoms with Crippen LogP contribution in [0.4, 0.5) is 0 Å². The standard InChI is InChI=1S/C12H13ClOS2/c1-8(6-14)15-7-11-12(13)9-4-2-3-5-10(9)16-11/h2-5,8,14H,6-7H2,1H3. The van der Waals surface area contributed by atoms with Crippen molar-refractivity contribution in [2.24, 2.45) is 0 Å². The topological polar surface area (TPSA) is 20.2 Å². The summed E-state index contributed by atoms with van der Waals surface area (Å²) in [6, 6.07) is 8.18. The molecule has 1 atom stereocenters. The molecule has 0 amide bonds. The molecule has 86 valence electrons. The van der Waals surface area contributed by atoms with E-state index in [2.05, 4.69) is 12.1 Å². The third-order valence-electron chi connectivity index (χ3n) is 2.36. The smallest absolute Gasteiger partial charge is 0.0632 e. The third kappa shape index (κ3) is 2.54. The van der Waals surface area contributed by atoms with E-state index >= 15 is 0 Å². The fraction of sp³-hybridized carbons (Fsp3) is 0.333. The zero-order chi connectivity index (χ0) is 11.5. The zero-order valence-electron chi connectivity index (χ0n) is 8.94. The van der Waals surface area contributed by atoms with Gasteiger partial charge in [-0.15, -0.1) is 11.3 Å². The van der Waals surface area contributed by atoms with Crippen molar-refractivity contribution in [3.63, 3.8) is 0 Å². The summed E-state index contributed by atoms with van der Waals surface area (Å²) in [6.45, 7) is 2.24. The summed E-state index contributed by atoms with van der Waals surface area (Å²) in [5, 5.41) is 11.3. The van der Waals surface area contributed by atoms with E-state index in [0.29, 0.717) is 0 Å². The molecule has 1 heterocycles. The van der Waals surface area contributed by atoms with Crippen LogP contribution in [0, 0.1) is 0 Å². The van der Waals surface area contributed by atoms with Gasteiger partial charge in [0.05, 0.1) is 11.6 Å². The molecule has 0 aliphatic heterocycles. The van der Waals surface area contributed by atoms with E-state index in [4.69, 9.17) is 16.7 Å². The number of thioether (sulfide) groups is 1. The predicted octanol–water partition coefficient (Wildman–Crippen LogP) is 4.17. The molecule has 1 unspecified atom stereocenters. The van der Waals surface area contributed by atoms with Crippen molar-refractivity contribution in [2.75, 3.05) is 6.61 Å². The maximum Gasteiger partial charge on any atom is 0.0632 e. The Bertz CT molecular complexity index is 481. The van der Waals surface area contributed by atoms with Gasteiger partial charge in [-0.3, -0.25) is 0 Å². The molecular formula is C12H13ClOS2. The molecule has 2 aromatic rings. The quantitative estimate of drug-likeness (QED) is 0.902. The van der Waals surface area contributed by atoms with Crippen LogP contribution in [0.5, 0.6) is 0 Å². The molecule has 1 aromatic carbocycles.